The number of halogens is 1. The number of likely N-dealkylation sites (tertiary alicyclic amines) is 1. The number of nitrogens with one attached hydrogen (secondary N) is 2. The molecule has 33 heavy (non-hydrogen) atoms. The molecule has 1 fully saturated rings. The molecular weight excluding hydrogens is 537 g/mol. The molecule has 2 N–H and O–H groups in total. The van der Waals surface area contributed by atoms with E-state index in [1.54, 1.807) is 21.3 Å². The minimum atomic E-state index is -0.509. The van der Waals surface area contributed by atoms with Crippen LogP contribution in [-0.4, -0.2) is 88.5 Å². The molecule has 1 aromatic carbocycles. The van der Waals surface area contributed by atoms with Crippen molar-refractivity contribution in [2.75, 3.05) is 55.0 Å². The zero-order valence-corrected chi connectivity index (χ0v) is 23.4. The Hall–Kier alpha value is -1.95. The van der Waals surface area contributed by atoms with Crippen LogP contribution in [0.15, 0.2) is 23.2 Å². The largest absolute Gasteiger partial charge is 0.493 e. The molecule has 1 saturated heterocycles. The van der Waals surface area contributed by atoms with Crippen LogP contribution in [0, 0.1) is 0 Å². The molecule has 2 unspecified atom stereocenters. The van der Waals surface area contributed by atoms with Crippen molar-refractivity contribution in [1.29, 1.82) is 0 Å². The minimum Gasteiger partial charge on any atom is -0.493 e. The molecule has 0 spiro atoms. The maximum Gasteiger partial charge on any atom is 0.407 e. The lowest BCUT2D eigenvalue weighted by Crippen LogP contribution is -2.45. The average molecular weight is 578 g/mol. The first-order valence-electron chi connectivity index (χ1n) is 10.9. The van der Waals surface area contributed by atoms with E-state index < -0.39 is 5.60 Å². The number of hydrogen-bond donors (Lipinski definition) is 2. The maximum atomic E-state index is 12.1. The van der Waals surface area contributed by atoms with Crippen molar-refractivity contribution in [3.05, 3.63) is 23.8 Å². The average Bonchev–Trinajstić information content (AvgIpc) is 3.17. The highest BCUT2D eigenvalue weighted by Gasteiger charge is 2.28. The predicted molar refractivity (Wildman–Crippen MR) is 142 cm³/mol. The van der Waals surface area contributed by atoms with E-state index in [2.05, 4.69) is 25.4 Å². The van der Waals surface area contributed by atoms with Crippen LogP contribution in [0.5, 0.6) is 11.5 Å². The van der Waals surface area contributed by atoms with Crippen molar-refractivity contribution in [2.45, 2.75) is 44.9 Å². The predicted octanol–water partition coefficient (Wildman–Crippen LogP) is 3.10. The van der Waals surface area contributed by atoms with Gasteiger partial charge in [0.2, 0.25) is 0 Å². The molecule has 9 nitrogen and oxygen atoms in total. The summed E-state index contributed by atoms with van der Waals surface area (Å²) in [6.45, 7) is 7.73. The van der Waals surface area contributed by atoms with Gasteiger partial charge < -0.3 is 34.6 Å². The summed E-state index contributed by atoms with van der Waals surface area (Å²) in [5, 5.41) is 6.44. The van der Waals surface area contributed by atoms with Crippen LogP contribution in [0.3, 0.4) is 0 Å². The molecule has 188 valence electrons. The van der Waals surface area contributed by atoms with E-state index in [-0.39, 0.29) is 42.2 Å². The van der Waals surface area contributed by atoms with Gasteiger partial charge in [0.15, 0.2) is 17.5 Å². The number of likely N-dealkylation sites (N-methyl/N-ethyl adjacent to an activating group) is 1. The summed E-state index contributed by atoms with van der Waals surface area (Å²) in [5.41, 5.74) is 0.604. The summed E-state index contributed by atoms with van der Waals surface area (Å²) >= 11 is 0. The third-order valence-corrected chi connectivity index (χ3v) is 5.29. The highest BCUT2D eigenvalue weighted by atomic mass is 127. The van der Waals surface area contributed by atoms with E-state index in [0.717, 1.165) is 24.5 Å². The van der Waals surface area contributed by atoms with Gasteiger partial charge in [-0.05, 0) is 59.0 Å². The topological polar surface area (TPSA) is 87.7 Å². The lowest BCUT2D eigenvalue weighted by Gasteiger charge is -2.29. The molecule has 0 radical (unpaired) electrons. The molecule has 0 aromatic heterocycles. The van der Waals surface area contributed by atoms with Gasteiger partial charge in [-0.3, -0.25) is 4.99 Å². The molecule has 1 aliphatic heterocycles. The van der Waals surface area contributed by atoms with E-state index in [9.17, 15) is 4.79 Å². The SMILES string of the molecule is CN=C(NCC(c1ccc(OC)c(OC)c1)N(C)C)N1CCC(NC(=O)OC(C)(C)C)C1.I. The van der Waals surface area contributed by atoms with Gasteiger partial charge in [0.1, 0.15) is 5.60 Å². The van der Waals surface area contributed by atoms with Crippen molar-refractivity contribution in [3.8, 4) is 11.5 Å². The first kappa shape index (κ1) is 29.1. The van der Waals surface area contributed by atoms with Crippen LogP contribution < -0.4 is 20.1 Å². The number of carbonyl (C=O) groups excluding carboxylic acids is 1. The van der Waals surface area contributed by atoms with Gasteiger partial charge in [0.25, 0.3) is 0 Å². The van der Waals surface area contributed by atoms with Gasteiger partial charge in [-0.1, -0.05) is 6.07 Å². The Balaban J connectivity index is 0.00000544. The normalized spacial score (nSPS) is 17.3. The summed E-state index contributed by atoms with van der Waals surface area (Å²) < 4.78 is 16.2. The number of guanidine groups is 1. The molecule has 2 rings (SSSR count). The molecule has 1 amide bonds. The van der Waals surface area contributed by atoms with Gasteiger partial charge in [0, 0.05) is 26.7 Å². The Labute approximate surface area is 215 Å². The molecule has 10 heteroatoms. The molecule has 0 saturated carbocycles. The highest BCUT2D eigenvalue weighted by molar-refractivity contribution is 14.0. The second kappa shape index (κ2) is 13.1. The molecule has 0 aliphatic carbocycles. The molecule has 2 atom stereocenters. The molecule has 1 aliphatic rings. The summed E-state index contributed by atoms with van der Waals surface area (Å²) in [5.74, 6) is 2.22. The Morgan fingerprint density at radius 1 is 1.24 bits per heavy atom. The van der Waals surface area contributed by atoms with Crippen LogP contribution >= 0.6 is 24.0 Å². The second-order valence-electron chi connectivity index (χ2n) is 9.10. The van der Waals surface area contributed by atoms with E-state index >= 15 is 0 Å². The Morgan fingerprint density at radius 2 is 1.91 bits per heavy atom. The van der Waals surface area contributed by atoms with Crippen molar-refractivity contribution in [1.82, 2.24) is 20.4 Å². The molecule has 1 heterocycles. The number of nitrogens with zero attached hydrogens (tertiary/aromatic N) is 3. The quantitative estimate of drug-likeness (QED) is 0.293. The van der Waals surface area contributed by atoms with E-state index in [0.29, 0.717) is 24.6 Å². The number of benzene rings is 1. The number of alkyl carbamates (subject to hydrolysis) is 1. The fourth-order valence-electron chi connectivity index (χ4n) is 3.72. The van der Waals surface area contributed by atoms with Crippen LogP contribution in [-0.2, 0) is 4.74 Å². The van der Waals surface area contributed by atoms with Crippen molar-refractivity contribution < 1.29 is 19.0 Å². The van der Waals surface area contributed by atoms with Gasteiger partial charge in [-0.15, -0.1) is 24.0 Å². The third-order valence-electron chi connectivity index (χ3n) is 5.29. The monoisotopic (exact) mass is 577 g/mol. The molecule has 1 aromatic rings. The summed E-state index contributed by atoms with van der Waals surface area (Å²) in [7, 11) is 9.14. The number of ether oxygens (including phenoxy) is 3. The van der Waals surface area contributed by atoms with Crippen LogP contribution in [0.25, 0.3) is 0 Å². The number of hydrogen-bond acceptors (Lipinski definition) is 6. The zero-order valence-electron chi connectivity index (χ0n) is 21.1. The zero-order chi connectivity index (χ0) is 23.9. The smallest absolute Gasteiger partial charge is 0.407 e. The first-order valence-corrected chi connectivity index (χ1v) is 10.9. The summed E-state index contributed by atoms with van der Waals surface area (Å²) in [4.78, 5) is 20.8. The van der Waals surface area contributed by atoms with Crippen LogP contribution in [0.2, 0.25) is 0 Å². The fraction of sp³-hybridized carbons (Fsp3) is 0.652. The van der Waals surface area contributed by atoms with Gasteiger partial charge in [0.05, 0.1) is 26.3 Å². The van der Waals surface area contributed by atoms with E-state index in [4.69, 9.17) is 14.2 Å². The standard InChI is InChI=1S/C23H39N5O4.HI/c1-23(2,3)32-22(29)26-17-11-12-28(15-17)21(24-4)25-14-18(27(5)6)16-9-10-19(30-7)20(13-16)31-8;/h9-10,13,17-18H,11-12,14-15H2,1-8H3,(H,24,25)(H,26,29);1H. The number of amides is 1. The Kier molecular flexibility index (Phi) is 11.5. The minimum absolute atomic E-state index is 0. The first-order chi connectivity index (χ1) is 15.1. The fourth-order valence-corrected chi connectivity index (χ4v) is 3.72. The number of aliphatic imine (C=N–C) groups is 1. The number of rotatable bonds is 7. The lowest BCUT2D eigenvalue weighted by atomic mass is 10.1. The Morgan fingerprint density at radius 3 is 2.45 bits per heavy atom. The second-order valence-corrected chi connectivity index (χ2v) is 9.10. The van der Waals surface area contributed by atoms with Crippen molar-refractivity contribution in [2.24, 2.45) is 4.99 Å². The summed E-state index contributed by atoms with van der Waals surface area (Å²) in [6, 6.07) is 6.11. The molecule has 0 bridgehead atoms. The van der Waals surface area contributed by atoms with E-state index in [1.165, 1.54) is 0 Å². The van der Waals surface area contributed by atoms with Crippen LogP contribution in [0.4, 0.5) is 4.79 Å². The Bertz CT molecular complexity index is 798. The highest BCUT2D eigenvalue weighted by Crippen LogP contribution is 2.31. The third kappa shape index (κ3) is 8.73. The maximum absolute atomic E-state index is 12.1. The van der Waals surface area contributed by atoms with Gasteiger partial charge in [-0.2, -0.15) is 0 Å². The van der Waals surface area contributed by atoms with Crippen molar-refractivity contribution >= 4 is 36.0 Å². The number of carbonyl (C=O) groups is 1. The van der Waals surface area contributed by atoms with Gasteiger partial charge in [-0.25, -0.2) is 4.79 Å². The number of methoxy groups -OCH3 is 2. The van der Waals surface area contributed by atoms with Crippen LogP contribution in [0.1, 0.15) is 38.8 Å². The summed E-state index contributed by atoms with van der Waals surface area (Å²) in [6.07, 6.45) is 0.459. The van der Waals surface area contributed by atoms with E-state index in [1.807, 2.05) is 53.1 Å². The molecular formula is C23H40IN5O4. The van der Waals surface area contributed by atoms with Crippen molar-refractivity contribution in [3.63, 3.8) is 0 Å². The lowest BCUT2D eigenvalue weighted by molar-refractivity contribution is 0.0507. The van der Waals surface area contributed by atoms with Gasteiger partial charge >= 0.3 is 6.09 Å².